The summed E-state index contributed by atoms with van der Waals surface area (Å²) in [5.74, 6) is 0.0222. The van der Waals surface area contributed by atoms with Crippen molar-refractivity contribution in [2.45, 2.75) is 65.6 Å². The zero-order valence-corrected chi connectivity index (χ0v) is 24.5. The molecule has 0 fully saturated rings. The second-order valence-electron chi connectivity index (χ2n) is 11.3. The third-order valence-corrected chi connectivity index (χ3v) is 7.82. The van der Waals surface area contributed by atoms with E-state index in [1.165, 1.54) is 33.4 Å². The SMILES string of the molecule is Cc1ccc(-c2ccccc2)cc1CCC(CC(=O)NCCNC(C)C)CC(=O)N(C)N1Cc2ccccc2C1. The summed E-state index contributed by atoms with van der Waals surface area (Å²) in [4.78, 5) is 26.4. The lowest BCUT2D eigenvalue weighted by Crippen LogP contribution is -2.41. The van der Waals surface area contributed by atoms with Crippen LogP contribution in [0.4, 0.5) is 0 Å². The molecule has 2 amide bonds. The normalized spacial score (nSPS) is 13.7. The summed E-state index contributed by atoms with van der Waals surface area (Å²) < 4.78 is 0. The van der Waals surface area contributed by atoms with Crippen LogP contribution in [-0.4, -0.2) is 48.0 Å². The molecule has 0 spiro atoms. The van der Waals surface area contributed by atoms with Crippen LogP contribution in [-0.2, 0) is 29.1 Å². The van der Waals surface area contributed by atoms with Crippen molar-refractivity contribution in [1.82, 2.24) is 20.7 Å². The summed E-state index contributed by atoms with van der Waals surface area (Å²) in [7, 11) is 1.86. The van der Waals surface area contributed by atoms with Gasteiger partial charge in [0.25, 0.3) is 0 Å². The molecule has 6 nitrogen and oxygen atoms in total. The molecule has 3 aromatic rings. The number of hydrogen-bond donors (Lipinski definition) is 2. The Labute approximate surface area is 239 Å². The third-order valence-electron chi connectivity index (χ3n) is 7.82. The van der Waals surface area contributed by atoms with Gasteiger partial charge < -0.3 is 10.6 Å². The minimum absolute atomic E-state index is 0.00865. The van der Waals surface area contributed by atoms with Crippen LogP contribution in [0.25, 0.3) is 11.1 Å². The Morgan fingerprint density at radius 3 is 2.23 bits per heavy atom. The summed E-state index contributed by atoms with van der Waals surface area (Å²) in [6, 6.07) is 25.7. The highest BCUT2D eigenvalue weighted by molar-refractivity contribution is 5.79. The van der Waals surface area contributed by atoms with Gasteiger partial charge in [0.05, 0.1) is 0 Å². The molecule has 1 aliphatic rings. The molecule has 1 heterocycles. The van der Waals surface area contributed by atoms with Crippen LogP contribution >= 0.6 is 0 Å². The van der Waals surface area contributed by atoms with Gasteiger partial charge in [-0.05, 0) is 59.1 Å². The van der Waals surface area contributed by atoms with E-state index < -0.39 is 0 Å². The highest BCUT2D eigenvalue weighted by Crippen LogP contribution is 2.27. The number of rotatable bonds is 13. The first-order valence-corrected chi connectivity index (χ1v) is 14.5. The van der Waals surface area contributed by atoms with Crippen molar-refractivity contribution in [1.29, 1.82) is 0 Å². The maximum Gasteiger partial charge on any atom is 0.236 e. The molecule has 4 rings (SSSR count). The van der Waals surface area contributed by atoms with Gasteiger partial charge in [0.15, 0.2) is 0 Å². The number of nitrogens with zero attached hydrogens (tertiary/aromatic N) is 2. The van der Waals surface area contributed by atoms with Gasteiger partial charge in [0, 0.05) is 52.1 Å². The number of carbonyl (C=O) groups excluding carboxylic acids is 2. The Bertz CT molecular complexity index is 1250. The zero-order chi connectivity index (χ0) is 28.5. The molecule has 0 saturated heterocycles. The fourth-order valence-electron chi connectivity index (χ4n) is 5.35. The minimum atomic E-state index is -0.0437. The average molecular weight is 541 g/mol. The molecule has 0 radical (unpaired) electrons. The van der Waals surface area contributed by atoms with Crippen LogP contribution in [0.2, 0.25) is 0 Å². The summed E-state index contributed by atoms with van der Waals surface area (Å²) in [5, 5.41) is 10.2. The molecule has 0 aromatic heterocycles. The fraction of sp³-hybridized carbons (Fsp3) is 0.412. The van der Waals surface area contributed by atoms with Crippen LogP contribution in [0.15, 0.2) is 72.8 Å². The molecule has 6 heteroatoms. The number of hydrogen-bond acceptors (Lipinski definition) is 4. The Balaban J connectivity index is 1.41. The van der Waals surface area contributed by atoms with Crippen LogP contribution < -0.4 is 10.6 Å². The number of benzene rings is 3. The van der Waals surface area contributed by atoms with Gasteiger partial charge in [0.2, 0.25) is 11.8 Å². The Kier molecular flexibility index (Phi) is 10.5. The average Bonchev–Trinajstić information content (AvgIpc) is 3.39. The first-order valence-electron chi connectivity index (χ1n) is 14.5. The monoisotopic (exact) mass is 540 g/mol. The highest BCUT2D eigenvalue weighted by Gasteiger charge is 2.27. The highest BCUT2D eigenvalue weighted by atomic mass is 16.2. The van der Waals surface area contributed by atoms with Gasteiger partial charge in [-0.15, -0.1) is 0 Å². The standard InChI is InChI=1S/C34H44N4O2/c1-25(2)35-18-19-36-33(39)20-27(21-34(40)37(4)38-23-31-12-8-9-13-32(31)24-38)15-17-29-22-30(16-14-26(29)3)28-10-6-5-7-11-28/h5-14,16,22,25,27,35H,15,17-21,23-24H2,1-4H3,(H,36,39). The number of aryl methyl sites for hydroxylation is 2. The van der Waals surface area contributed by atoms with Gasteiger partial charge in [-0.25, -0.2) is 5.01 Å². The molecule has 40 heavy (non-hydrogen) atoms. The number of amides is 2. The van der Waals surface area contributed by atoms with E-state index in [9.17, 15) is 9.59 Å². The molecular weight excluding hydrogens is 496 g/mol. The van der Waals surface area contributed by atoms with E-state index in [1.54, 1.807) is 5.01 Å². The molecule has 3 aromatic carbocycles. The molecule has 1 aliphatic heterocycles. The van der Waals surface area contributed by atoms with E-state index in [2.05, 4.69) is 91.0 Å². The van der Waals surface area contributed by atoms with Crippen molar-refractivity contribution >= 4 is 11.8 Å². The van der Waals surface area contributed by atoms with Crippen molar-refractivity contribution in [2.75, 3.05) is 20.1 Å². The Hall–Kier alpha value is -3.48. The van der Waals surface area contributed by atoms with Crippen molar-refractivity contribution in [2.24, 2.45) is 5.92 Å². The van der Waals surface area contributed by atoms with Crippen molar-refractivity contribution in [3.05, 3.63) is 95.1 Å². The maximum absolute atomic E-state index is 13.5. The maximum atomic E-state index is 13.5. The van der Waals surface area contributed by atoms with Crippen LogP contribution in [0.1, 0.15) is 55.4 Å². The van der Waals surface area contributed by atoms with E-state index >= 15 is 0 Å². The van der Waals surface area contributed by atoms with Crippen LogP contribution in [0, 0.1) is 12.8 Å². The van der Waals surface area contributed by atoms with Crippen molar-refractivity contribution in [3.63, 3.8) is 0 Å². The second-order valence-corrected chi connectivity index (χ2v) is 11.3. The smallest absolute Gasteiger partial charge is 0.236 e. The van der Waals surface area contributed by atoms with E-state index in [-0.39, 0.29) is 17.7 Å². The van der Waals surface area contributed by atoms with Crippen molar-refractivity contribution < 1.29 is 9.59 Å². The molecule has 212 valence electrons. The molecule has 1 unspecified atom stereocenters. The van der Waals surface area contributed by atoms with Crippen LogP contribution in [0.5, 0.6) is 0 Å². The molecule has 1 atom stereocenters. The first kappa shape index (κ1) is 29.5. The number of fused-ring (bicyclic) bond motifs is 1. The quantitative estimate of drug-likeness (QED) is 0.281. The fourth-order valence-corrected chi connectivity index (χ4v) is 5.35. The summed E-state index contributed by atoms with van der Waals surface area (Å²) in [5.41, 5.74) is 7.42. The lowest BCUT2D eigenvalue weighted by atomic mass is 9.90. The minimum Gasteiger partial charge on any atom is -0.355 e. The van der Waals surface area contributed by atoms with Gasteiger partial charge in [-0.3, -0.25) is 14.6 Å². The predicted molar refractivity (Wildman–Crippen MR) is 162 cm³/mol. The van der Waals surface area contributed by atoms with Gasteiger partial charge in [0.1, 0.15) is 0 Å². The summed E-state index contributed by atoms with van der Waals surface area (Å²) in [6.45, 7) is 9.10. The summed E-state index contributed by atoms with van der Waals surface area (Å²) in [6.07, 6.45) is 2.29. The van der Waals surface area contributed by atoms with Gasteiger partial charge in [-0.2, -0.15) is 0 Å². The molecule has 0 aliphatic carbocycles. The van der Waals surface area contributed by atoms with E-state index in [0.717, 1.165) is 32.5 Å². The Morgan fingerprint density at radius 1 is 0.875 bits per heavy atom. The zero-order valence-electron chi connectivity index (χ0n) is 24.5. The number of hydrazine groups is 1. The number of carbonyl (C=O) groups is 2. The van der Waals surface area contributed by atoms with Gasteiger partial charge >= 0.3 is 0 Å². The van der Waals surface area contributed by atoms with Gasteiger partial charge in [-0.1, -0.05) is 86.6 Å². The van der Waals surface area contributed by atoms with E-state index in [4.69, 9.17) is 0 Å². The molecule has 2 N–H and O–H groups in total. The van der Waals surface area contributed by atoms with Crippen molar-refractivity contribution in [3.8, 4) is 11.1 Å². The lowest BCUT2D eigenvalue weighted by Gasteiger charge is -2.29. The molecule has 0 saturated carbocycles. The molecular formula is C34H44N4O2. The topological polar surface area (TPSA) is 64.7 Å². The lowest BCUT2D eigenvalue weighted by molar-refractivity contribution is -0.148. The number of nitrogens with one attached hydrogen (secondary N) is 2. The van der Waals surface area contributed by atoms with E-state index in [1.807, 2.05) is 25.2 Å². The first-order chi connectivity index (χ1) is 19.3. The predicted octanol–water partition coefficient (Wildman–Crippen LogP) is 5.49. The third kappa shape index (κ3) is 8.26. The van der Waals surface area contributed by atoms with Crippen LogP contribution in [0.3, 0.4) is 0 Å². The summed E-state index contributed by atoms with van der Waals surface area (Å²) >= 11 is 0. The Morgan fingerprint density at radius 2 is 1.55 bits per heavy atom. The second kappa shape index (κ2) is 14.2. The van der Waals surface area contributed by atoms with E-state index in [0.29, 0.717) is 25.4 Å². The molecule has 0 bridgehead atoms. The largest absolute Gasteiger partial charge is 0.355 e.